The first-order valence-corrected chi connectivity index (χ1v) is 12.3. The molecule has 1 N–H and O–H groups in total. The molecular weight excluding hydrogens is 412 g/mol. The van der Waals surface area contributed by atoms with Crippen molar-refractivity contribution in [2.45, 2.75) is 59.3 Å². The topological polar surface area (TPSA) is 70.0 Å². The third-order valence-electron chi connectivity index (χ3n) is 7.02. The summed E-state index contributed by atoms with van der Waals surface area (Å²) >= 11 is 0. The Morgan fingerprint density at radius 3 is 2.48 bits per heavy atom. The molecule has 0 spiro atoms. The van der Waals surface area contributed by atoms with Gasteiger partial charge in [0.25, 0.3) is 0 Å². The maximum Gasteiger partial charge on any atom is 0.303 e. The van der Waals surface area contributed by atoms with Crippen molar-refractivity contribution in [2.24, 2.45) is 22.7 Å². The Morgan fingerprint density at radius 2 is 1.82 bits per heavy atom. The summed E-state index contributed by atoms with van der Waals surface area (Å²) in [6, 6.07) is 8.21. The van der Waals surface area contributed by atoms with Crippen LogP contribution >= 0.6 is 0 Å². The van der Waals surface area contributed by atoms with E-state index in [1.165, 1.54) is 11.1 Å². The predicted molar refractivity (Wildman–Crippen MR) is 134 cm³/mol. The summed E-state index contributed by atoms with van der Waals surface area (Å²) in [4.78, 5) is 30.4. The molecule has 3 unspecified atom stereocenters. The van der Waals surface area contributed by atoms with Crippen LogP contribution < -0.4 is 0 Å². The van der Waals surface area contributed by atoms with Gasteiger partial charge in [-0.1, -0.05) is 57.2 Å². The number of carbonyl (C=O) groups is 2. The van der Waals surface area contributed by atoms with Crippen molar-refractivity contribution in [1.82, 2.24) is 4.90 Å². The normalized spacial score (nSPS) is 24.6. The molecule has 3 rings (SSSR count). The number of amides is 1. The Balaban J connectivity index is 1.88. The first kappa shape index (κ1) is 24.9. The number of aliphatic carboxylic acids is 1. The van der Waals surface area contributed by atoms with Crippen molar-refractivity contribution in [3.8, 4) is 0 Å². The summed E-state index contributed by atoms with van der Waals surface area (Å²) in [5.41, 5.74) is 5.97. The zero-order valence-corrected chi connectivity index (χ0v) is 20.5. The fourth-order valence-corrected chi connectivity index (χ4v) is 4.92. The minimum atomic E-state index is -0.771. The van der Waals surface area contributed by atoms with Gasteiger partial charge in [-0.15, -0.1) is 0 Å². The van der Waals surface area contributed by atoms with Gasteiger partial charge in [0.1, 0.15) is 0 Å². The molecule has 0 aliphatic carbocycles. The van der Waals surface area contributed by atoms with Crippen molar-refractivity contribution < 1.29 is 14.7 Å². The highest BCUT2D eigenvalue weighted by Gasteiger charge is 2.26. The number of fused-ring (bicyclic) bond motifs is 1. The molecule has 0 fully saturated rings. The van der Waals surface area contributed by atoms with Crippen molar-refractivity contribution in [2.75, 3.05) is 20.1 Å². The molecule has 5 nitrogen and oxygen atoms in total. The van der Waals surface area contributed by atoms with Crippen LogP contribution in [-0.2, 0) is 16.0 Å². The Kier molecular flexibility index (Phi) is 8.65. The first-order valence-electron chi connectivity index (χ1n) is 12.3. The summed E-state index contributed by atoms with van der Waals surface area (Å²) in [5.74, 6) is 0.176. The highest BCUT2D eigenvalue weighted by molar-refractivity contribution is 6.02. The number of aryl methyl sites for hydroxylation is 1. The monoisotopic (exact) mass is 450 g/mol. The molecule has 2 heterocycles. The lowest BCUT2D eigenvalue weighted by molar-refractivity contribution is -0.137. The van der Waals surface area contributed by atoms with Crippen LogP contribution in [0.4, 0.5) is 0 Å². The number of likely N-dealkylation sites (N-methyl/N-ethyl adjacent to an activating group) is 1. The van der Waals surface area contributed by atoms with E-state index in [2.05, 4.69) is 38.1 Å². The molecule has 2 aliphatic rings. The van der Waals surface area contributed by atoms with E-state index in [1.54, 1.807) is 0 Å². The molecule has 5 heteroatoms. The van der Waals surface area contributed by atoms with Crippen LogP contribution in [0.25, 0.3) is 0 Å². The van der Waals surface area contributed by atoms with Gasteiger partial charge in [-0.3, -0.25) is 14.6 Å². The van der Waals surface area contributed by atoms with E-state index in [1.807, 2.05) is 31.0 Å². The number of aliphatic imine (C=N–C) groups is 1. The molecule has 0 saturated carbocycles. The molecule has 2 aliphatic heterocycles. The first-order chi connectivity index (χ1) is 15.8. The predicted octanol–water partition coefficient (Wildman–Crippen LogP) is 5.30. The average molecular weight is 451 g/mol. The van der Waals surface area contributed by atoms with Gasteiger partial charge in [-0.2, -0.15) is 0 Å². The lowest BCUT2D eigenvalue weighted by Crippen LogP contribution is -2.35. The third-order valence-corrected chi connectivity index (χ3v) is 7.02. The van der Waals surface area contributed by atoms with Crippen LogP contribution in [0.3, 0.4) is 0 Å². The van der Waals surface area contributed by atoms with Gasteiger partial charge in [-0.05, 0) is 60.3 Å². The average Bonchev–Trinajstić information content (AvgIpc) is 2.80. The Morgan fingerprint density at radius 1 is 1.12 bits per heavy atom. The van der Waals surface area contributed by atoms with Gasteiger partial charge >= 0.3 is 5.97 Å². The van der Waals surface area contributed by atoms with Crippen LogP contribution in [0.15, 0.2) is 52.6 Å². The number of carboxylic acids is 1. The van der Waals surface area contributed by atoms with E-state index < -0.39 is 5.97 Å². The smallest absolute Gasteiger partial charge is 0.303 e. The number of hydrogen-bond donors (Lipinski definition) is 1. The second-order valence-electron chi connectivity index (χ2n) is 9.61. The Labute approximate surface area is 198 Å². The minimum absolute atomic E-state index is 0.0268. The van der Waals surface area contributed by atoms with E-state index in [0.717, 1.165) is 49.1 Å². The van der Waals surface area contributed by atoms with Crippen LogP contribution in [0.5, 0.6) is 0 Å². The van der Waals surface area contributed by atoms with Crippen LogP contribution in [0, 0.1) is 17.8 Å². The van der Waals surface area contributed by atoms with Crippen molar-refractivity contribution in [3.63, 3.8) is 0 Å². The van der Waals surface area contributed by atoms with Gasteiger partial charge in [0, 0.05) is 44.1 Å². The largest absolute Gasteiger partial charge is 0.481 e. The highest BCUT2D eigenvalue weighted by atomic mass is 16.4. The summed E-state index contributed by atoms with van der Waals surface area (Å²) in [5, 5.41) is 8.93. The molecule has 1 aromatic carbocycles. The lowest BCUT2D eigenvalue weighted by atomic mass is 9.82. The van der Waals surface area contributed by atoms with Gasteiger partial charge < -0.3 is 10.0 Å². The molecule has 33 heavy (non-hydrogen) atoms. The van der Waals surface area contributed by atoms with Crippen molar-refractivity contribution in [3.05, 3.63) is 58.7 Å². The Bertz CT molecular complexity index is 942. The van der Waals surface area contributed by atoms with Gasteiger partial charge in [0.2, 0.25) is 5.91 Å². The minimum Gasteiger partial charge on any atom is -0.481 e. The van der Waals surface area contributed by atoms with Gasteiger partial charge in [0.05, 0.1) is 0 Å². The van der Waals surface area contributed by atoms with Crippen LogP contribution in [0.1, 0.15) is 64.0 Å². The number of rotatable bonds is 5. The van der Waals surface area contributed by atoms with E-state index in [0.29, 0.717) is 18.9 Å². The lowest BCUT2D eigenvalue weighted by Gasteiger charge is -2.31. The molecule has 1 amide bonds. The zero-order chi connectivity index (χ0) is 24.0. The summed E-state index contributed by atoms with van der Waals surface area (Å²) in [6.45, 7) is 7.94. The molecule has 1 aromatic rings. The highest BCUT2D eigenvalue weighted by Crippen LogP contribution is 2.32. The third kappa shape index (κ3) is 6.43. The maximum atomic E-state index is 12.6. The molecule has 0 radical (unpaired) electrons. The van der Waals surface area contributed by atoms with Crippen LogP contribution in [-0.4, -0.2) is 47.7 Å². The number of nitrogens with zero attached hydrogens (tertiary/aromatic N) is 2. The quantitative estimate of drug-likeness (QED) is 0.662. The van der Waals surface area contributed by atoms with Gasteiger partial charge in [-0.25, -0.2) is 0 Å². The van der Waals surface area contributed by atoms with E-state index in [9.17, 15) is 9.59 Å². The second-order valence-corrected chi connectivity index (χ2v) is 9.61. The number of carboxylic acid groups (broad SMARTS) is 1. The zero-order valence-electron chi connectivity index (χ0n) is 20.5. The standard InChI is InChI=1S/C28H38N2O3/c1-5-22-16-17-29-27(23-12-8-21(9-13-23)10-15-26(31)32)19(2)6-11-24-18-30(4)28(33)20(3)7-14-25(22)24/h8-9,11-14,19-20,22H,5-7,10,15-18H2,1-4H3,(H,31,32). The number of hydrogen-bond acceptors (Lipinski definition) is 3. The summed E-state index contributed by atoms with van der Waals surface area (Å²) in [6.07, 6.45) is 9.08. The Hall–Kier alpha value is -2.69. The second kappa shape index (κ2) is 11.4. The van der Waals surface area contributed by atoms with Crippen molar-refractivity contribution in [1.29, 1.82) is 0 Å². The fourth-order valence-electron chi connectivity index (χ4n) is 4.92. The molecular formula is C28H38N2O3. The molecule has 0 saturated heterocycles. The maximum absolute atomic E-state index is 12.6. The van der Waals surface area contributed by atoms with E-state index in [4.69, 9.17) is 10.1 Å². The van der Waals surface area contributed by atoms with E-state index >= 15 is 0 Å². The fraction of sp³-hybridized carbons (Fsp3) is 0.536. The summed E-state index contributed by atoms with van der Waals surface area (Å²) in [7, 11) is 1.92. The number of allylic oxidation sites excluding steroid dienone is 2. The molecule has 0 aromatic heterocycles. The molecule has 3 atom stereocenters. The van der Waals surface area contributed by atoms with E-state index in [-0.39, 0.29) is 24.2 Å². The molecule has 178 valence electrons. The summed E-state index contributed by atoms with van der Waals surface area (Å²) < 4.78 is 0. The van der Waals surface area contributed by atoms with Crippen LogP contribution in [0.2, 0.25) is 0 Å². The number of carbonyl (C=O) groups excluding carboxylic acids is 1. The van der Waals surface area contributed by atoms with Crippen molar-refractivity contribution >= 4 is 17.6 Å². The molecule has 0 bridgehead atoms. The number of benzene rings is 1. The SMILES string of the molecule is CCC1CCN=C(c2ccc(CCC(=O)O)cc2)C(C)CC=C2CN(C)C(=O)C(C)CC=C21. The van der Waals surface area contributed by atoms with Gasteiger partial charge in [0.15, 0.2) is 0 Å².